The molecule has 0 aliphatic heterocycles. The van der Waals surface area contributed by atoms with Crippen molar-refractivity contribution in [2.45, 2.75) is 38.1 Å². The maximum Gasteiger partial charge on any atom is 0.408 e. The number of amides is 2. The van der Waals surface area contributed by atoms with Gasteiger partial charge < -0.3 is 30.3 Å². The number of benzene rings is 2. The fraction of sp³-hybridized carbons (Fsp3) is 0.318. The standard InChI is InChI=1S/C22H26N2O7/c1-14(25)19(24-22(29)31-13-15-8-4-3-5-9-15)20(26)23-17(21(27)28)12-16-10-6-7-11-18(16)30-2/h3-11,14,17,19,25H,12-13H2,1-2H3,(H,23,26)(H,24,29)(H,27,28)/t14-,17+,19+/m1/s1. The first kappa shape index (κ1) is 23.7. The van der Waals surface area contributed by atoms with Crippen molar-refractivity contribution in [3.63, 3.8) is 0 Å². The van der Waals surface area contributed by atoms with Crippen LogP contribution in [0.2, 0.25) is 0 Å². The molecule has 2 aromatic carbocycles. The first-order valence-electron chi connectivity index (χ1n) is 9.62. The summed E-state index contributed by atoms with van der Waals surface area (Å²) in [6, 6.07) is 13.1. The maximum atomic E-state index is 12.6. The molecule has 0 radical (unpaired) electrons. The summed E-state index contributed by atoms with van der Waals surface area (Å²) in [7, 11) is 1.46. The molecule has 166 valence electrons. The number of rotatable bonds is 10. The van der Waals surface area contributed by atoms with Crippen LogP contribution in [0.5, 0.6) is 5.75 Å². The van der Waals surface area contributed by atoms with E-state index in [2.05, 4.69) is 10.6 Å². The topological polar surface area (TPSA) is 134 Å². The van der Waals surface area contributed by atoms with Crippen molar-refractivity contribution < 1.29 is 34.1 Å². The van der Waals surface area contributed by atoms with Gasteiger partial charge in [-0.25, -0.2) is 9.59 Å². The number of hydrogen-bond acceptors (Lipinski definition) is 6. The predicted molar refractivity (Wildman–Crippen MR) is 111 cm³/mol. The van der Waals surface area contributed by atoms with Crippen LogP contribution in [0.1, 0.15) is 18.1 Å². The van der Waals surface area contributed by atoms with Crippen molar-refractivity contribution >= 4 is 18.0 Å². The lowest BCUT2D eigenvalue weighted by molar-refractivity contribution is -0.142. The van der Waals surface area contributed by atoms with Crippen LogP contribution in [0.25, 0.3) is 0 Å². The first-order chi connectivity index (χ1) is 14.8. The first-order valence-corrected chi connectivity index (χ1v) is 9.62. The van der Waals surface area contributed by atoms with Gasteiger partial charge in [-0.1, -0.05) is 48.5 Å². The number of aliphatic hydroxyl groups excluding tert-OH is 1. The summed E-state index contributed by atoms with van der Waals surface area (Å²) in [6.07, 6.45) is -2.25. The lowest BCUT2D eigenvalue weighted by Gasteiger charge is -2.23. The normalized spacial score (nSPS) is 13.4. The van der Waals surface area contributed by atoms with E-state index in [9.17, 15) is 24.6 Å². The van der Waals surface area contributed by atoms with Gasteiger partial charge in [-0.3, -0.25) is 4.79 Å². The van der Waals surface area contributed by atoms with Gasteiger partial charge >= 0.3 is 12.1 Å². The Morgan fingerprint density at radius 2 is 1.65 bits per heavy atom. The Kier molecular flexibility index (Phi) is 8.83. The SMILES string of the molecule is COc1ccccc1C[C@H](NC(=O)[C@@H](NC(=O)OCc1ccccc1)[C@@H](C)O)C(=O)O. The summed E-state index contributed by atoms with van der Waals surface area (Å²) in [6.45, 7) is 1.28. The number of nitrogens with one attached hydrogen (secondary N) is 2. The fourth-order valence-electron chi connectivity index (χ4n) is 2.85. The van der Waals surface area contributed by atoms with E-state index >= 15 is 0 Å². The highest BCUT2D eigenvalue weighted by Crippen LogP contribution is 2.19. The maximum absolute atomic E-state index is 12.6. The third-order valence-corrected chi connectivity index (χ3v) is 4.48. The van der Waals surface area contributed by atoms with Gasteiger partial charge in [0, 0.05) is 6.42 Å². The molecule has 0 saturated carbocycles. The smallest absolute Gasteiger partial charge is 0.408 e. The van der Waals surface area contributed by atoms with Gasteiger partial charge in [-0.2, -0.15) is 0 Å². The van der Waals surface area contributed by atoms with E-state index in [1.807, 2.05) is 6.07 Å². The van der Waals surface area contributed by atoms with E-state index in [-0.39, 0.29) is 13.0 Å². The molecule has 0 aliphatic rings. The van der Waals surface area contributed by atoms with Gasteiger partial charge in [-0.05, 0) is 24.1 Å². The average Bonchev–Trinajstić information content (AvgIpc) is 2.76. The van der Waals surface area contributed by atoms with Crippen LogP contribution in [-0.4, -0.2) is 53.5 Å². The Morgan fingerprint density at radius 3 is 2.26 bits per heavy atom. The Balaban J connectivity index is 2.01. The van der Waals surface area contributed by atoms with E-state index in [1.165, 1.54) is 14.0 Å². The van der Waals surface area contributed by atoms with Gasteiger partial charge in [0.2, 0.25) is 5.91 Å². The van der Waals surface area contributed by atoms with Crippen LogP contribution in [0, 0.1) is 0 Å². The van der Waals surface area contributed by atoms with Crippen LogP contribution >= 0.6 is 0 Å². The van der Waals surface area contributed by atoms with Crippen LogP contribution in [0.3, 0.4) is 0 Å². The summed E-state index contributed by atoms with van der Waals surface area (Å²) in [4.78, 5) is 36.4. The molecule has 0 saturated heterocycles. The predicted octanol–water partition coefficient (Wildman–Crippen LogP) is 1.48. The van der Waals surface area contributed by atoms with Crippen LogP contribution < -0.4 is 15.4 Å². The number of aliphatic hydroxyl groups is 1. The summed E-state index contributed by atoms with van der Waals surface area (Å²) in [5.41, 5.74) is 1.33. The monoisotopic (exact) mass is 430 g/mol. The fourth-order valence-corrected chi connectivity index (χ4v) is 2.85. The molecule has 4 N–H and O–H groups in total. The van der Waals surface area contributed by atoms with Crippen molar-refractivity contribution in [3.05, 3.63) is 65.7 Å². The van der Waals surface area contributed by atoms with Crippen molar-refractivity contribution in [1.82, 2.24) is 10.6 Å². The molecule has 9 nitrogen and oxygen atoms in total. The number of carboxylic acid groups (broad SMARTS) is 1. The highest BCUT2D eigenvalue weighted by atomic mass is 16.5. The minimum atomic E-state index is -1.40. The second-order valence-corrected chi connectivity index (χ2v) is 6.84. The van der Waals surface area contributed by atoms with E-state index < -0.39 is 36.2 Å². The Hall–Kier alpha value is -3.59. The molecule has 0 spiro atoms. The third-order valence-electron chi connectivity index (χ3n) is 4.48. The minimum absolute atomic E-state index is 0.0215. The van der Waals surface area contributed by atoms with Crippen molar-refractivity contribution in [1.29, 1.82) is 0 Å². The minimum Gasteiger partial charge on any atom is -0.496 e. The lowest BCUT2D eigenvalue weighted by Crippen LogP contribution is -2.56. The van der Waals surface area contributed by atoms with Crippen molar-refractivity contribution in [2.75, 3.05) is 7.11 Å². The molecule has 0 aromatic heterocycles. The molecular formula is C22H26N2O7. The Bertz CT molecular complexity index is 886. The highest BCUT2D eigenvalue weighted by molar-refractivity contribution is 5.89. The van der Waals surface area contributed by atoms with Gasteiger partial charge in [0.05, 0.1) is 13.2 Å². The molecule has 0 bridgehead atoms. The van der Waals surface area contributed by atoms with Crippen molar-refractivity contribution in [2.24, 2.45) is 0 Å². The largest absolute Gasteiger partial charge is 0.496 e. The highest BCUT2D eigenvalue weighted by Gasteiger charge is 2.30. The van der Waals surface area contributed by atoms with Crippen LogP contribution in [0.15, 0.2) is 54.6 Å². The number of methoxy groups -OCH3 is 1. The molecular weight excluding hydrogens is 404 g/mol. The zero-order valence-corrected chi connectivity index (χ0v) is 17.3. The average molecular weight is 430 g/mol. The zero-order valence-electron chi connectivity index (χ0n) is 17.3. The van der Waals surface area contributed by atoms with Gasteiger partial charge in [0.15, 0.2) is 0 Å². The molecule has 0 aliphatic carbocycles. The number of para-hydroxylation sites is 1. The number of alkyl carbamates (subject to hydrolysis) is 1. The molecule has 0 fully saturated rings. The number of hydrogen-bond donors (Lipinski definition) is 4. The van der Waals surface area contributed by atoms with Crippen molar-refractivity contribution in [3.8, 4) is 5.75 Å². The number of carbonyl (C=O) groups excluding carboxylic acids is 2. The molecule has 2 amide bonds. The third kappa shape index (κ3) is 7.31. The molecule has 0 heterocycles. The molecule has 9 heteroatoms. The second kappa shape index (κ2) is 11.6. The number of aliphatic carboxylic acids is 1. The number of ether oxygens (including phenoxy) is 2. The van der Waals surface area contributed by atoms with Gasteiger partial charge in [0.1, 0.15) is 24.4 Å². The van der Waals surface area contributed by atoms with Crippen LogP contribution in [-0.2, 0) is 27.4 Å². The van der Waals surface area contributed by atoms with Crippen LogP contribution in [0.4, 0.5) is 4.79 Å². The lowest BCUT2D eigenvalue weighted by atomic mass is 10.0. The number of carbonyl (C=O) groups is 3. The summed E-state index contributed by atoms with van der Waals surface area (Å²) < 4.78 is 10.3. The Labute approximate surface area is 180 Å². The second-order valence-electron chi connectivity index (χ2n) is 6.84. The van der Waals surface area contributed by atoms with Gasteiger partial charge in [0.25, 0.3) is 0 Å². The molecule has 3 atom stereocenters. The van der Waals surface area contributed by atoms with Gasteiger partial charge in [-0.15, -0.1) is 0 Å². The molecule has 31 heavy (non-hydrogen) atoms. The number of carboxylic acids is 1. The van der Waals surface area contributed by atoms with E-state index in [1.54, 1.807) is 48.5 Å². The van der Waals surface area contributed by atoms with E-state index in [0.717, 1.165) is 5.56 Å². The molecule has 2 rings (SSSR count). The van der Waals surface area contributed by atoms with E-state index in [0.29, 0.717) is 11.3 Å². The zero-order chi connectivity index (χ0) is 22.8. The summed E-state index contributed by atoms with van der Waals surface area (Å²) in [5, 5.41) is 24.1. The Morgan fingerprint density at radius 1 is 1.00 bits per heavy atom. The molecule has 2 aromatic rings. The molecule has 0 unspecified atom stereocenters. The van der Waals surface area contributed by atoms with E-state index in [4.69, 9.17) is 9.47 Å². The quantitative estimate of drug-likeness (QED) is 0.449. The summed E-state index contributed by atoms with van der Waals surface area (Å²) >= 11 is 0. The summed E-state index contributed by atoms with van der Waals surface area (Å²) in [5.74, 6) is -1.64.